The Bertz CT molecular complexity index is 818. The Labute approximate surface area is 145 Å². The third-order valence-electron chi connectivity index (χ3n) is 5.48. The number of nitrogens with zero attached hydrogens (tertiary/aromatic N) is 1. The van der Waals surface area contributed by atoms with E-state index in [9.17, 15) is 13.6 Å². The largest absolute Gasteiger partial charge is 0.344 e. The topological polar surface area (TPSA) is 32.3 Å². The van der Waals surface area contributed by atoms with Crippen molar-refractivity contribution in [3.05, 3.63) is 59.7 Å². The zero-order chi connectivity index (χ0) is 17.6. The van der Waals surface area contributed by atoms with Crippen LogP contribution in [0.2, 0.25) is 0 Å². The van der Waals surface area contributed by atoms with E-state index in [0.717, 1.165) is 31.4 Å². The minimum Gasteiger partial charge on any atom is -0.344 e. The lowest BCUT2D eigenvalue weighted by Gasteiger charge is -2.23. The lowest BCUT2D eigenvalue weighted by Crippen LogP contribution is -2.47. The highest BCUT2D eigenvalue weighted by Gasteiger charge is 2.49. The zero-order valence-electron chi connectivity index (χ0n) is 14.1. The van der Waals surface area contributed by atoms with E-state index >= 15 is 0 Å². The maximum Gasteiger partial charge on any atom is 0.242 e. The van der Waals surface area contributed by atoms with Gasteiger partial charge in [-0.25, -0.2) is 8.78 Å². The summed E-state index contributed by atoms with van der Waals surface area (Å²) in [5.41, 5.74) is 0.998. The van der Waals surface area contributed by atoms with Crippen molar-refractivity contribution in [2.24, 2.45) is 0 Å². The Kier molecular flexibility index (Phi) is 3.84. The number of amides is 1. The fourth-order valence-electron chi connectivity index (χ4n) is 4.10. The maximum absolute atomic E-state index is 14.1. The molecule has 1 amide bonds. The molecule has 0 radical (unpaired) electrons. The summed E-state index contributed by atoms with van der Waals surface area (Å²) in [5, 5.41) is 3.49. The number of rotatable bonds is 2. The number of benzene rings is 2. The number of hydrogen-bond acceptors (Lipinski definition) is 2. The van der Waals surface area contributed by atoms with Gasteiger partial charge in [0, 0.05) is 19.6 Å². The standard InChI is InChI=1S/C20H20F2N2O/c1-24-11-10-20(19(24)25)9-8-17(23-20)13-4-2-5-14(12-13)18-15(21)6-3-7-16(18)22/h2-7,12,17,23H,8-11H2,1H3/t17-,20+/m1/s1. The predicted octanol–water partition coefficient (Wildman–Crippen LogP) is 3.66. The molecule has 2 aliphatic heterocycles. The first-order valence-corrected chi connectivity index (χ1v) is 8.58. The van der Waals surface area contributed by atoms with E-state index in [4.69, 9.17) is 0 Å². The number of carbonyl (C=O) groups is 1. The summed E-state index contributed by atoms with van der Waals surface area (Å²) >= 11 is 0. The summed E-state index contributed by atoms with van der Waals surface area (Å²) in [5.74, 6) is -0.993. The van der Waals surface area contributed by atoms with Crippen LogP contribution in [0.4, 0.5) is 8.78 Å². The molecule has 1 N–H and O–H groups in total. The van der Waals surface area contributed by atoms with Gasteiger partial charge in [0.25, 0.3) is 0 Å². The Balaban J connectivity index is 1.64. The second kappa shape index (κ2) is 5.92. The van der Waals surface area contributed by atoms with E-state index in [0.29, 0.717) is 5.56 Å². The number of halogens is 2. The molecule has 0 unspecified atom stereocenters. The molecule has 2 aromatic carbocycles. The number of hydrogen-bond donors (Lipinski definition) is 1. The van der Waals surface area contributed by atoms with Gasteiger partial charge in [0.05, 0.1) is 5.56 Å². The van der Waals surface area contributed by atoms with Crippen LogP contribution in [0.25, 0.3) is 11.1 Å². The zero-order valence-corrected chi connectivity index (χ0v) is 14.1. The molecule has 0 aromatic heterocycles. The molecule has 3 nitrogen and oxygen atoms in total. The van der Waals surface area contributed by atoms with Crippen molar-refractivity contribution in [1.29, 1.82) is 0 Å². The molecular formula is C20H20F2N2O. The lowest BCUT2D eigenvalue weighted by molar-refractivity contribution is -0.131. The highest BCUT2D eigenvalue weighted by Crippen LogP contribution is 2.40. The van der Waals surface area contributed by atoms with E-state index < -0.39 is 17.2 Å². The lowest BCUT2D eigenvalue weighted by atomic mass is 9.95. The van der Waals surface area contributed by atoms with Gasteiger partial charge in [-0.3, -0.25) is 10.1 Å². The molecule has 0 aliphatic carbocycles. The number of likely N-dealkylation sites (tertiary alicyclic amines) is 1. The van der Waals surface area contributed by atoms with Crippen molar-refractivity contribution in [1.82, 2.24) is 10.2 Å². The first kappa shape index (κ1) is 16.2. The molecule has 2 aromatic rings. The molecule has 2 heterocycles. The Morgan fingerprint density at radius 2 is 1.84 bits per heavy atom. The van der Waals surface area contributed by atoms with Crippen LogP contribution in [-0.4, -0.2) is 29.9 Å². The van der Waals surface area contributed by atoms with Gasteiger partial charge >= 0.3 is 0 Å². The molecule has 4 rings (SSSR count). The average molecular weight is 342 g/mol. The fraction of sp³-hybridized carbons (Fsp3) is 0.350. The van der Waals surface area contributed by atoms with Crippen LogP contribution in [-0.2, 0) is 4.79 Å². The Morgan fingerprint density at radius 3 is 2.52 bits per heavy atom. The number of carbonyl (C=O) groups excluding carboxylic acids is 1. The third-order valence-corrected chi connectivity index (χ3v) is 5.48. The maximum atomic E-state index is 14.1. The summed E-state index contributed by atoms with van der Waals surface area (Å²) in [6.45, 7) is 0.763. The molecule has 2 atom stereocenters. The molecule has 5 heteroatoms. The van der Waals surface area contributed by atoms with Crippen LogP contribution >= 0.6 is 0 Å². The average Bonchev–Trinajstić information content (AvgIpc) is 3.15. The second-order valence-electron chi connectivity index (χ2n) is 7.02. The minimum atomic E-state index is -0.569. The van der Waals surface area contributed by atoms with Gasteiger partial charge in [-0.1, -0.05) is 24.3 Å². The Hall–Kier alpha value is -2.27. The van der Waals surface area contributed by atoms with E-state index in [1.165, 1.54) is 18.2 Å². The third kappa shape index (κ3) is 2.63. The summed E-state index contributed by atoms with van der Waals surface area (Å²) in [6, 6.07) is 11.2. The highest BCUT2D eigenvalue weighted by atomic mass is 19.1. The second-order valence-corrected chi connectivity index (χ2v) is 7.02. The molecular weight excluding hydrogens is 322 g/mol. The van der Waals surface area contributed by atoms with Gasteiger partial charge in [-0.15, -0.1) is 0 Å². The van der Waals surface area contributed by atoms with Gasteiger partial charge < -0.3 is 4.90 Å². The molecule has 25 heavy (non-hydrogen) atoms. The first-order chi connectivity index (χ1) is 12.0. The number of nitrogens with one attached hydrogen (secondary N) is 1. The summed E-state index contributed by atoms with van der Waals surface area (Å²) < 4.78 is 28.1. The van der Waals surface area contributed by atoms with E-state index in [-0.39, 0.29) is 17.5 Å². The van der Waals surface area contributed by atoms with Crippen LogP contribution in [0.3, 0.4) is 0 Å². The van der Waals surface area contributed by atoms with Crippen LogP contribution in [0.5, 0.6) is 0 Å². The predicted molar refractivity (Wildman–Crippen MR) is 91.9 cm³/mol. The summed E-state index contributed by atoms with van der Waals surface area (Å²) in [4.78, 5) is 14.2. The molecule has 2 aliphatic rings. The first-order valence-electron chi connectivity index (χ1n) is 8.58. The van der Waals surface area contributed by atoms with Crippen LogP contribution in [0.15, 0.2) is 42.5 Å². The van der Waals surface area contributed by atoms with E-state index in [1.807, 2.05) is 25.2 Å². The van der Waals surface area contributed by atoms with E-state index in [1.54, 1.807) is 11.0 Å². The molecule has 2 saturated heterocycles. The van der Waals surface area contributed by atoms with E-state index in [2.05, 4.69) is 5.32 Å². The van der Waals surface area contributed by atoms with Gasteiger partial charge in [-0.2, -0.15) is 0 Å². The van der Waals surface area contributed by atoms with Gasteiger partial charge in [0.2, 0.25) is 5.91 Å². The molecule has 0 saturated carbocycles. The minimum absolute atomic E-state index is 0.00580. The van der Waals surface area contributed by atoms with Gasteiger partial charge in [0.1, 0.15) is 17.2 Å². The van der Waals surface area contributed by atoms with Crippen molar-refractivity contribution in [2.75, 3.05) is 13.6 Å². The Morgan fingerprint density at radius 1 is 1.12 bits per heavy atom. The normalized spacial score (nSPS) is 26.0. The highest BCUT2D eigenvalue weighted by molar-refractivity contribution is 5.88. The molecule has 2 fully saturated rings. The number of likely N-dealkylation sites (N-methyl/N-ethyl adjacent to an activating group) is 1. The quantitative estimate of drug-likeness (QED) is 0.903. The molecule has 1 spiro atoms. The van der Waals surface area contributed by atoms with Crippen molar-refractivity contribution >= 4 is 5.91 Å². The van der Waals surface area contributed by atoms with Crippen molar-refractivity contribution in [3.63, 3.8) is 0 Å². The van der Waals surface area contributed by atoms with Crippen molar-refractivity contribution in [3.8, 4) is 11.1 Å². The van der Waals surface area contributed by atoms with Crippen molar-refractivity contribution in [2.45, 2.75) is 30.8 Å². The van der Waals surface area contributed by atoms with Crippen LogP contribution in [0, 0.1) is 11.6 Å². The van der Waals surface area contributed by atoms with Crippen molar-refractivity contribution < 1.29 is 13.6 Å². The smallest absolute Gasteiger partial charge is 0.242 e. The monoisotopic (exact) mass is 342 g/mol. The SMILES string of the molecule is CN1CC[C@@]2(CC[C@H](c3cccc(-c4c(F)cccc4F)c3)N2)C1=O. The molecule has 130 valence electrons. The van der Waals surface area contributed by atoms with Crippen LogP contribution in [0.1, 0.15) is 30.9 Å². The van der Waals surface area contributed by atoms with Crippen LogP contribution < -0.4 is 5.32 Å². The van der Waals surface area contributed by atoms with Gasteiger partial charge in [0.15, 0.2) is 0 Å². The fourth-order valence-corrected chi connectivity index (χ4v) is 4.10. The van der Waals surface area contributed by atoms with Gasteiger partial charge in [-0.05, 0) is 48.6 Å². The summed E-state index contributed by atoms with van der Waals surface area (Å²) in [6.07, 6.45) is 2.43. The molecule has 0 bridgehead atoms. The summed E-state index contributed by atoms with van der Waals surface area (Å²) in [7, 11) is 1.83.